The predicted molar refractivity (Wildman–Crippen MR) is 97.0 cm³/mol. The second-order valence-electron chi connectivity index (χ2n) is 6.57. The molecule has 1 fully saturated rings. The van der Waals surface area contributed by atoms with Crippen molar-refractivity contribution in [3.8, 4) is 5.88 Å². The van der Waals surface area contributed by atoms with Crippen LogP contribution in [0.25, 0.3) is 5.65 Å². The molecule has 0 saturated carbocycles. The van der Waals surface area contributed by atoms with Gasteiger partial charge in [-0.25, -0.2) is 0 Å². The fourth-order valence-corrected chi connectivity index (χ4v) is 3.18. The minimum Gasteiger partial charge on any atom is -0.467 e. The SMILES string of the molecule is O=C(COc1ccc2nncn2n1)NC1CCN(Cc2cccnc2)CC1. The first-order valence-electron chi connectivity index (χ1n) is 8.97. The summed E-state index contributed by atoms with van der Waals surface area (Å²) in [5.74, 6) is 0.232. The quantitative estimate of drug-likeness (QED) is 0.684. The lowest BCUT2D eigenvalue weighted by Crippen LogP contribution is -2.45. The minimum absolute atomic E-state index is 0.0590. The van der Waals surface area contributed by atoms with Crippen LogP contribution in [0.3, 0.4) is 0 Å². The van der Waals surface area contributed by atoms with Gasteiger partial charge in [0.05, 0.1) is 0 Å². The van der Waals surface area contributed by atoms with Crippen LogP contribution in [0.15, 0.2) is 43.0 Å². The van der Waals surface area contributed by atoms with E-state index in [0.717, 1.165) is 32.5 Å². The second kappa shape index (κ2) is 8.09. The van der Waals surface area contributed by atoms with Crippen LogP contribution < -0.4 is 10.1 Å². The smallest absolute Gasteiger partial charge is 0.258 e. The van der Waals surface area contributed by atoms with Crippen molar-refractivity contribution in [3.63, 3.8) is 0 Å². The van der Waals surface area contributed by atoms with Gasteiger partial charge in [0.25, 0.3) is 5.91 Å². The van der Waals surface area contributed by atoms with Crippen LogP contribution in [0, 0.1) is 0 Å². The number of amides is 1. The Hall–Kier alpha value is -3.07. The predicted octanol–water partition coefficient (Wildman–Crippen LogP) is 0.679. The molecular formula is C18H21N7O2. The third-order valence-corrected chi connectivity index (χ3v) is 4.57. The Morgan fingerprint density at radius 3 is 2.96 bits per heavy atom. The zero-order chi connectivity index (χ0) is 18.5. The van der Waals surface area contributed by atoms with E-state index in [1.54, 1.807) is 18.3 Å². The van der Waals surface area contributed by atoms with Crippen LogP contribution in [0.1, 0.15) is 18.4 Å². The molecule has 9 heteroatoms. The maximum absolute atomic E-state index is 12.2. The highest BCUT2D eigenvalue weighted by Gasteiger charge is 2.21. The molecule has 27 heavy (non-hydrogen) atoms. The number of nitrogens with zero attached hydrogens (tertiary/aromatic N) is 6. The van der Waals surface area contributed by atoms with Crippen LogP contribution in [-0.4, -0.2) is 61.3 Å². The molecule has 3 aromatic heterocycles. The average Bonchev–Trinajstić information content (AvgIpc) is 3.17. The van der Waals surface area contributed by atoms with E-state index in [9.17, 15) is 4.79 Å². The van der Waals surface area contributed by atoms with Crippen molar-refractivity contribution >= 4 is 11.6 Å². The third-order valence-electron chi connectivity index (χ3n) is 4.57. The molecule has 0 atom stereocenters. The minimum atomic E-state index is -0.133. The highest BCUT2D eigenvalue weighted by molar-refractivity contribution is 5.77. The molecule has 1 aliphatic rings. The molecule has 0 bridgehead atoms. The van der Waals surface area contributed by atoms with Gasteiger partial charge in [0, 0.05) is 44.1 Å². The Kier molecular flexibility index (Phi) is 5.20. The molecule has 9 nitrogen and oxygen atoms in total. The summed E-state index contributed by atoms with van der Waals surface area (Å²) in [5, 5.41) is 14.9. The number of hydrogen-bond acceptors (Lipinski definition) is 7. The number of piperidine rings is 1. The van der Waals surface area contributed by atoms with Crippen molar-refractivity contribution in [3.05, 3.63) is 48.5 Å². The fourth-order valence-electron chi connectivity index (χ4n) is 3.18. The van der Waals surface area contributed by atoms with Gasteiger partial charge in [-0.3, -0.25) is 14.7 Å². The summed E-state index contributed by atoms with van der Waals surface area (Å²) >= 11 is 0. The maximum Gasteiger partial charge on any atom is 0.258 e. The molecule has 140 valence electrons. The Balaban J connectivity index is 1.20. The van der Waals surface area contributed by atoms with E-state index in [0.29, 0.717) is 11.5 Å². The average molecular weight is 367 g/mol. The van der Waals surface area contributed by atoms with Gasteiger partial charge in [0.1, 0.15) is 6.33 Å². The Bertz CT molecular complexity index is 891. The fraction of sp³-hybridized carbons (Fsp3) is 0.389. The normalized spacial score (nSPS) is 15.7. The summed E-state index contributed by atoms with van der Waals surface area (Å²) in [6.45, 7) is 2.74. The van der Waals surface area contributed by atoms with E-state index in [2.05, 4.69) is 36.6 Å². The standard InChI is InChI=1S/C18H21N7O2/c26-17(12-27-18-4-3-16-22-20-13-25(16)23-18)21-15-5-8-24(9-6-15)11-14-2-1-7-19-10-14/h1-4,7,10,13,15H,5-6,8-9,11-12H2,(H,21,26). The van der Waals surface area contributed by atoms with Gasteiger partial charge in [-0.05, 0) is 30.5 Å². The number of carbonyl (C=O) groups is 1. The number of rotatable bonds is 6. The molecule has 1 amide bonds. The number of aromatic nitrogens is 5. The van der Waals surface area contributed by atoms with Crippen molar-refractivity contribution in [2.75, 3.05) is 19.7 Å². The van der Waals surface area contributed by atoms with Crippen LogP contribution in [-0.2, 0) is 11.3 Å². The van der Waals surface area contributed by atoms with Crippen LogP contribution in [0.2, 0.25) is 0 Å². The van der Waals surface area contributed by atoms with E-state index in [-0.39, 0.29) is 18.6 Å². The zero-order valence-corrected chi connectivity index (χ0v) is 14.9. The molecule has 1 N–H and O–H groups in total. The van der Waals surface area contributed by atoms with Crippen LogP contribution >= 0.6 is 0 Å². The molecule has 0 aromatic carbocycles. The molecule has 4 heterocycles. The van der Waals surface area contributed by atoms with E-state index in [1.807, 2.05) is 12.3 Å². The zero-order valence-electron chi connectivity index (χ0n) is 14.9. The first-order chi connectivity index (χ1) is 13.3. The summed E-state index contributed by atoms with van der Waals surface area (Å²) in [6, 6.07) is 7.64. The number of pyridine rings is 1. The number of hydrogen-bond donors (Lipinski definition) is 1. The topological polar surface area (TPSA) is 97.5 Å². The highest BCUT2D eigenvalue weighted by Crippen LogP contribution is 2.13. The monoisotopic (exact) mass is 367 g/mol. The lowest BCUT2D eigenvalue weighted by molar-refractivity contribution is -0.124. The Morgan fingerprint density at radius 2 is 2.15 bits per heavy atom. The number of likely N-dealkylation sites (tertiary alicyclic amines) is 1. The summed E-state index contributed by atoms with van der Waals surface area (Å²) in [7, 11) is 0. The molecule has 0 spiro atoms. The summed E-state index contributed by atoms with van der Waals surface area (Å²) in [5.41, 5.74) is 1.84. The van der Waals surface area contributed by atoms with E-state index in [1.165, 1.54) is 16.4 Å². The molecule has 3 aromatic rings. The van der Waals surface area contributed by atoms with Gasteiger partial charge < -0.3 is 10.1 Å². The molecule has 0 radical (unpaired) electrons. The van der Waals surface area contributed by atoms with Crippen molar-refractivity contribution < 1.29 is 9.53 Å². The lowest BCUT2D eigenvalue weighted by Gasteiger charge is -2.32. The van der Waals surface area contributed by atoms with Gasteiger partial charge in [0.15, 0.2) is 12.3 Å². The van der Waals surface area contributed by atoms with Crippen molar-refractivity contribution in [2.45, 2.75) is 25.4 Å². The molecule has 0 aliphatic carbocycles. The van der Waals surface area contributed by atoms with Crippen molar-refractivity contribution in [2.24, 2.45) is 0 Å². The van der Waals surface area contributed by atoms with Gasteiger partial charge in [-0.1, -0.05) is 6.07 Å². The van der Waals surface area contributed by atoms with Crippen LogP contribution in [0.5, 0.6) is 5.88 Å². The molecule has 1 aliphatic heterocycles. The Labute approximate surface area is 156 Å². The molecule has 4 rings (SSSR count). The Morgan fingerprint density at radius 1 is 1.26 bits per heavy atom. The van der Waals surface area contributed by atoms with Crippen molar-refractivity contribution in [1.29, 1.82) is 0 Å². The summed E-state index contributed by atoms with van der Waals surface area (Å²) in [4.78, 5) is 18.7. The highest BCUT2D eigenvalue weighted by atomic mass is 16.5. The third kappa shape index (κ3) is 4.56. The van der Waals surface area contributed by atoms with Crippen molar-refractivity contribution in [1.82, 2.24) is 35.0 Å². The molecule has 0 unspecified atom stereocenters. The van der Waals surface area contributed by atoms with Gasteiger partial charge in [-0.15, -0.1) is 15.3 Å². The summed E-state index contributed by atoms with van der Waals surface area (Å²) in [6.07, 6.45) is 7.03. The number of fused-ring (bicyclic) bond motifs is 1. The second-order valence-corrected chi connectivity index (χ2v) is 6.57. The lowest BCUT2D eigenvalue weighted by atomic mass is 10.0. The first-order valence-corrected chi connectivity index (χ1v) is 8.97. The van der Waals surface area contributed by atoms with Crippen LogP contribution in [0.4, 0.5) is 0 Å². The van der Waals surface area contributed by atoms with Gasteiger partial charge >= 0.3 is 0 Å². The maximum atomic E-state index is 12.2. The largest absolute Gasteiger partial charge is 0.467 e. The van der Waals surface area contributed by atoms with Gasteiger partial charge in [-0.2, -0.15) is 4.52 Å². The molecular weight excluding hydrogens is 346 g/mol. The number of carbonyl (C=O) groups excluding carboxylic acids is 1. The van der Waals surface area contributed by atoms with E-state index < -0.39 is 0 Å². The number of nitrogens with one attached hydrogen (secondary N) is 1. The van der Waals surface area contributed by atoms with E-state index >= 15 is 0 Å². The number of ether oxygens (including phenoxy) is 1. The first kappa shape index (κ1) is 17.3. The van der Waals surface area contributed by atoms with Gasteiger partial charge in [0.2, 0.25) is 5.88 Å². The summed E-state index contributed by atoms with van der Waals surface area (Å²) < 4.78 is 6.98. The molecule has 1 saturated heterocycles. The van der Waals surface area contributed by atoms with E-state index in [4.69, 9.17) is 4.74 Å².